The Bertz CT molecular complexity index is 907. The van der Waals surface area contributed by atoms with Gasteiger partial charge in [0.25, 0.3) is 0 Å². The highest BCUT2D eigenvalue weighted by Crippen LogP contribution is 2.31. The SMILES string of the molecule is O=[N+]([O-])c1cnc(Nc2ccc3nc(N4CCOCC4)sc3c2)nc1. The molecule has 3 aromatic rings. The van der Waals surface area contributed by atoms with Crippen molar-refractivity contribution in [3.05, 3.63) is 40.7 Å². The minimum atomic E-state index is -0.527. The van der Waals surface area contributed by atoms with E-state index in [1.54, 1.807) is 11.3 Å². The standard InChI is InChI=1S/C15H14N6O3S/c22-21(23)11-8-16-14(17-9-11)18-10-1-2-12-13(7-10)25-15(19-12)20-3-5-24-6-4-20/h1-2,7-9H,3-6H2,(H,16,17,18). The Morgan fingerprint density at radius 1 is 1.24 bits per heavy atom. The van der Waals surface area contributed by atoms with Crippen LogP contribution in [0.4, 0.5) is 22.5 Å². The molecule has 1 aromatic carbocycles. The normalized spacial score (nSPS) is 14.6. The van der Waals surface area contributed by atoms with E-state index in [9.17, 15) is 10.1 Å². The van der Waals surface area contributed by atoms with Gasteiger partial charge in [-0.15, -0.1) is 0 Å². The molecule has 0 aliphatic carbocycles. The molecular weight excluding hydrogens is 344 g/mol. The molecule has 3 heterocycles. The second-order valence-corrected chi connectivity index (χ2v) is 6.43. The summed E-state index contributed by atoms with van der Waals surface area (Å²) in [6.45, 7) is 3.14. The van der Waals surface area contributed by atoms with Crippen LogP contribution < -0.4 is 10.2 Å². The van der Waals surface area contributed by atoms with E-state index >= 15 is 0 Å². The number of nitrogens with one attached hydrogen (secondary N) is 1. The number of fused-ring (bicyclic) bond motifs is 1. The maximum Gasteiger partial charge on any atom is 0.305 e. The first-order valence-corrected chi connectivity index (χ1v) is 8.47. The molecule has 1 saturated heterocycles. The van der Waals surface area contributed by atoms with E-state index in [0.29, 0.717) is 5.95 Å². The Morgan fingerprint density at radius 2 is 2.00 bits per heavy atom. The molecule has 2 aromatic heterocycles. The van der Waals surface area contributed by atoms with E-state index < -0.39 is 4.92 Å². The number of morpholine rings is 1. The van der Waals surface area contributed by atoms with Gasteiger partial charge in [-0.2, -0.15) is 0 Å². The van der Waals surface area contributed by atoms with Crippen molar-refractivity contribution in [2.45, 2.75) is 0 Å². The molecule has 0 unspecified atom stereocenters. The number of nitro groups is 1. The number of rotatable bonds is 4. The van der Waals surface area contributed by atoms with Gasteiger partial charge in [-0.25, -0.2) is 15.0 Å². The van der Waals surface area contributed by atoms with Crippen LogP contribution in [-0.2, 0) is 4.74 Å². The summed E-state index contributed by atoms with van der Waals surface area (Å²) >= 11 is 1.62. The second kappa shape index (κ2) is 6.57. The highest BCUT2D eigenvalue weighted by molar-refractivity contribution is 7.22. The van der Waals surface area contributed by atoms with Gasteiger partial charge in [0.1, 0.15) is 12.4 Å². The average molecular weight is 358 g/mol. The van der Waals surface area contributed by atoms with Gasteiger partial charge in [0, 0.05) is 18.8 Å². The molecule has 0 radical (unpaired) electrons. The second-order valence-electron chi connectivity index (χ2n) is 5.43. The van der Waals surface area contributed by atoms with Crippen molar-refractivity contribution in [2.24, 2.45) is 0 Å². The van der Waals surface area contributed by atoms with E-state index in [1.807, 2.05) is 18.2 Å². The number of anilines is 3. The summed E-state index contributed by atoms with van der Waals surface area (Å²) in [6.07, 6.45) is 2.36. The van der Waals surface area contributed by atoms with Gasteiger partial charge in [0.15, 0.2) is 5.13 Å². The van der Waals surface area contributed by atoms with Crippen molar-refractivity contribution in [3.63, 3.8) is 0 Å². The van der Waals surface area contributed by atoms with Crippen molar-refractivity contribution in [3.8, 4) is 0 Å². The van der Waals surface area contributed by atoms with Crippen LogP contribution >= 0.6 is 11.3 Å². The molecule has 0 saturated carbocycles. The van der Waals surface area contributed by atoms with Crippen LogP contribution in [0.5, 0.6) is 0 Å². The molecule has 1 N–H and O–H groups in total. The van der Waals surface area contributed by atoms with E-state index in [0.717, 1.165) is 47.3 Å². The molecule has 0 spiro atoms. The maximum absolute atomic E-state index is 10.6. The third-order valence-electron chi connectivity index (χ3n) is 3.76. The molecule has 9 nitrogen and oxygen atoms in total. The van der Waals surface area contributed by atoms with Crippen molar-refractivity contribution in [2.75, 3.05) is 36.5 Å². The van der Waals surface area contributed by atoms with Crippen molar-refractivity contribution in [1.82, 2.24) is 15.0 Å². The van der Waals surface area contributed by atoms with Crippen LogP contribution in [0.3, 0.4) is 0 Å². The lowest BCUT2D eigenvalue weighted by Gasteiger charge is -2.25. The lowest BCUT2D eigenvalue weighted by Crippen LogP contribution is -2.36. The lowest BCUT2D eigenvalue weighted by atomic mass is 10.3. The van der Waals surface area contributed by atoms with Gasteiger partial charge in [-0.1, -0.05) is 11.3 Å². The van der Waals surface area contributed by atoms with Crippen LogP contribution in [-0.4, -0.2) is 46.2 Å². The summed E-state index contributed by atoms with van der Waals surface area (Å²) in [4.78, 5) is 24.9. The van der Waals surface area contributed by atoms with Crippen LogP contribution in [0.15, 0.2) is 30.6 Å². The Labute approximate surface area is 146 Å². The number of thiazole rings is 1. The minimum Gasteiger partial charge on any atom is -0.378 e. The lowest BCUT2D eigenvalue weighted by molar-refractivity contribution is -0.385. The largest absolute Gasteiger partial charge is 0.378 e. The predicted octanol–water partition coefficient (Wildman–Crippen LogP) is 2.57. The quantitative estimate of drug-likeness (QED) is 0.560. The molecule has 0 atom stereocenters. The first-order chi connectivity index (χ1) is 12.2. The average Bonchev–Trinajstić information content (AvgIpc) is 3.06. The first kappa shape index (κ1) is 15.7. The zero-order valence-electron chi connectivity index (χ0n) is 13.1. The maximum atomic E-state index is 10.6. The molecule has 0 amide bonds. The molecular formula is C15H14N6O3S. The number of ether oxygens (including phenoxy) is 1. The highest BCUT2D eigenvalue weighted by atomic mass is 32.1. The molecule has 1 aliphatic heterocycles. The van der Waals surface area contributed by atoms with E-state index in [1.165, 1.54) is 12.4 Å². The first-order valence-electron chi connectivity index (χ1n) is 7.66. The highest BCUT2D eigenvalue weighted by Gasteiger charge is 2.15. The van der Waals surface area contributed by atoms with Crippen LogP contribution in [0.2, 0.25) is 0 Å². The van der Waals surface area contributed by atoms with E-state index in [-0.39, 0.29) is 5.69 Å². The van der Waals surface area contributed by atoms with Crippen LogP contribution in [0, 0.1) is 10.1 Å². The number of nitrogens with zero attached hydrogens (tertiary/aromatic N) is 5. The van der Waals surface area contributed by atoms with Gasteiger partial charge < -0.3 is 15.0 Å². The fourth-order valence-electron chi connectivity index (χ4n) is 2.49. The molecule has 10 heteroatoms. The third-order valence-corrected chi connectivity index (χ3v) is 4.84. The van der Waals surface area contributed by atoms with E-state index in [4.69, 9.17) is 4.74 Å². The van der Waals surface area contributed by atoms with Crippen LogP contribution in [0.1, 0.15) is 0 Å². The zero-order valence-corrected chi connectivity index (χ0v) is 13.9. The molecule has 4 rings (SSSR count). The summed E-state index contributed by atoms with van der Waals surface area (Å²) < 4.78 is 6.42. The fourth-order valence-corrected chi connectivity index (χ4v) is 3.55. The Morgan fingerprint density at radius 3 is 2.72 bits per heavy atom. The van der Waals surface area contributed by atoms with Crippen LogP contribution in [0.25, 0.3) is 10.2 Å². The number of hydrogen-bond donors (Lipinski definition) is 1. The summed E-state index contributed by atoms with van der Waals surface area (Å²) in [5.41, 5.74) is 1.60. The van der Waals surface area contributed by atoms with Gasteiger partial charge >= 0.3 is 5.69 Å². The molecule has 25 heavy (non-hydrogen) atoms. The summed E-state index contributed by atoms with van der Waals surface area (Å²) in [7, 11) is 0. The van der Waals surface area contributed by atoms with Crippen molar-refractivity contribution < 1.29 is 9.66 Å². The Balaban J connectivity index is 1.55. The molecule has 1 fully saturated rings. The monoisotopic (exact) mass is 358 g/mol. The van der Waals surface area contributed by atoms with Gasteiger partial charge in [-0.05, 0) is 18.2 Å². The molecule has 128 valence electrons. The third kappa shape index (κ3) is 3.35. The summed E-state index contributed by atoms with van der Waals surface area (Å²) in [5, 5.41) is 14.7. The van der Waals surface area contributed by atoms with Crippen molar-refractivity contribution >= 4 is 44.0 Å². The minimum absolute atomic E-state index is 0.140. The summed E-state index contributed by atoms with van der Waals surface area (Å²) in [5.74, 6) is 0.308. The van der Waals surface area contributed by atoms with Gasteiger partial charge in [0.2, 0.25) is 5.95 Å². The Hall–Kier alpha value is -2.85. The smallest absolute Gasteiger partial charge is 0.305 e. The van der Waals surface area contributed by atoms with Crippen molar-refractivity contribution in [1.29, 1.82) is 0 Å². The fraction of sp³-hybridized carbons (Fsp3) is 0.267. The van der Waals surface area contributed by atoms with E-state index in [2.05, 4.69) is 25.2 Å². The molecule has 1 aliphatic rings. The predicted molar refractivity (Wildman–Crippen MR) is 94.6 cm³/mol. The number of benzene rings is 1. The molecule has 0 bridgehead atoms. The number of hydrogen-bond acceptors (Lipinski definition) is 9. The van der Waals surface area contributed by atoms with Gasteiger partial charge in [0.05, 0.1) is 28.4 Å². The topological polar surface area (TPSA) is 106 Å². The Kier molecular flexibility index (Phi) is 4.12. The summed E-state index contributed by atoms with van der Waals surface area (Å²) in [6, 6.07) is 5.79. The number of aromatic nitrogens is 3. The van der Waals surface area contributed by atoms with Gasteiger partial charge in [-0.3, -0.25) is 10.1 Å². The zero-order chi connectivity index (χ0) is 17.2.